The van der Waals surface area contributed by atoms with Crippen molar-refractivity contribution in [1.29, 1.82) is 0 Å². The van der Waals surface area contributed by atoms with E-state index < -0.39 is 10.0 Å². The fourth-order valence-electron chi connectivity index (χ4n) is 0.136. The van der Waals surface area contributed by atoms with Crippen LogP contribution in [0.2, 0.25) is 0 Å². The molecule has 0 fully saturated rings. The van der Waals surface area contributed by atoms with Gasteiger partial charge >= 0.3 is 0 Å². The van der Waals surface area contributed by atoms with Gasteiger partial charge in [0.25, 0.3) is 0 Å². The van der Waals surface area contributed by atoms with E-state index in [4.69, 9.17) is 0 Å². The molecule has 0 saturated heterocycles. The Kier molecular flexibility index (Phi) is 2.93. The van der Waals surface area contributed by atoms with Gasteiger partial charge in [0.1, 0.15) is 5.49 Å². The minimum atomic E-state index is -3.13. The summed E-state index contributed by atoms with van der Waals surface area (Å²) >= 11 is 4.13. The van der Waals surface area contributed by atoms with Crippen molar-refractivity contribution in [1.82, 2.24) is 4.72 Å². The molecule has 0 aromatic carbocycles. The van der Waals surface area contributed by atoms with Crippen LogP contribution in [0.15, 0.2) is 0 Å². The van der Waals surface area contributed by atoms with Crippen LogP contribution < -0.4 is 4.72 Å². The quantitative estimate of drug-likeness (QED) is 0.448. The van der Waals surface area contributed by atoms with E-state index in [9.17, 15) is 8.42 Å². The summed E-state index contributed by atoms with van der Waals surface area (Å²) in [5.41, 5.74) is 1.90. The predicted octanol–water partition coefficient (Wildman–Crippen LogP) is -0.240. The fraction of sp³-hybridized carbons (Fsp3) is 0.667. The van der Waals surface area contributed by atoms with Crippen molar-refractivity contribution in [2.75, 3.05) is 5.75 Å². The summed E-state index contributed by atoms with van der Waals surface area (Å²) in [5, 5.41) is 0. The average molecular weight is 152 g/mol. The second-order valence-electron chi connectivity index (χ2n) is 1.11. The smallest absolute Gasteiger partial charge is 0.233 e. The zero-order valence-electron chi connectivity index (χ0n) is 4.34. The molecule has 0 aromatic rings. The average Bonchev–Trinajstić information content (AvgIpc) is 1.67. The van der Waals surface area contributed by atoms with E-state index in [-0.39, 0.29) is 5.75 Å². The topological polar surface area (TPSA) is 46.2 Å². The highest BCUT2D eigenvalue weighted by molar-refractivity contribution is 7.91. The molecule has 47 valence electrons. The van der Waals surface area contributed by atoms with Gasteiger partial charge in [-0.3, -0.25) is 4.72 Å². The minimum absolute atomic E-state index is 0.0383. The van der Waals surface area contributed by atoms with E-state index in [0.717, 1.165) is 0 Å². The molecule has 0 aromatic heterocycles. The van der Waals surface area contributed by atoms with E-state index in [1.807, 2.05) is 10.2 Å². The van der Waals surface area contributed by atoms with Gasteiger partial charge in [0.15, 0.2) is 0 Å². The van der Waals surface area contributed by atoms with E-state index in [1.165, 1.54) is 6.92 Å². The molecule has 0 aliphatic carbocycles. The number of nitrogens with one attached hydrogen (secondary N) is 1. The zero-order chi connectivity index (χ0) is 6.62. The molecule has 0 atom stereocenters. The van der Waals surface area contributed by atoms with Gasteiger partial charge in [0.2, 0.25) is 10.0 Å². The maximum Gasteiger partial charge on any atom is 0.233 e. The Bertz CT molecular complexity index is 160. The molecule has 0 amide bonds. The molecule has 8 heavy (non-hydrogen) atoms. The predicted molar refractivity (Wildman–Crippen MR) is 35.2 cm³/mol. The first-order valence-corrected chi connectivity index (χ1v) is 4.05. The fourth-order valence-corrected chi connectivity index (χ4v) is 0.788. The van der Waals surface area contributed by atoms with Crippen LogP contribution in [-0.4, -0.2) is 19.7 Å². The first-order valence-electron chi connectivity index (χ1n) is 1.99. The lowest BCUT2D eigenvalue weighted by Crippen LogP contribution is -2.22. The monoisotopic (exact) mass is 152 g/mol. The van der Waals surface area contributed by atoms with Gasteiger partial charge in [0.05, 0.1) is 5.75 Å². The van der Waals surface area contributed by atoms with Crippen molar-refractivity contribution < 1.29 is 8.42 Å². The maximum absolute atomic E-state index is 10.4. The molecule has 0 aliphatic rings. The third-order valence-corrected chi connectivity index (χ3v) is 1.98. The molecule has 0 saturated carbocycles. The summed E-state index contributed by atoms with van der Waals surface area (Å²) < 4.78 is 22.6. The van der Waals surface area contributed by atoms with Crippen molar-refractivity contribution >= 4 is 27.7 Å². The second-order valence-corrected chi connectivity index (χ2v) is 3.32. The number of rotatable bonds is 3. The summed E-state index contributed by atoms with van der Waals surface area (Å²) in [6, 6.07) is 0. The van der Waals surface area contributed by atoms with Gasteiger partial charge in [-0.05, 0) is 6.92 Å². The summed E-state index contributed by atoms with van der Waals surface area (Å²) in [7, 11) is -3.13. The summed E-state index contributed by atoms with van der Waals surface area (Å²) in [5.74, 6) is 0.0383. The molecular weight excluding hydrogens is 146 g/mol. The zero-order valence-corrected chi connectivity index (χ0v) is 5.97. The SMILES string of the molecule is CCS(=O)(=O)N[C]=S. The van der Waals surface area contributed by atoms with Crippen molar-refractivity contribution in [3.05, 3.63) is 0 Å². The first-order chi connectivity index (χ1) is 3.62. The van der Waals surface area contributed by atoms with Crippen LogP contribution in [0.5, 0.6) is 0 Å². The molecule has 1 radical (unpaired) electrons. The van der Waals surface area contributed by atoms with E-state index in [1.54, 1.807) is 0 Å². The lowest BCUT2D eigenvalue weighted by molar-refractivity contribution is 0.594. The van der Waals surface area contributed by atoms with Crippen LogP contribution in [0.3, 0.4) is 0 Å². The third kappa shape index (κ3) is 2.92. The molecule has 0 spiro atoms. The molecule has 1 N–H and O–H groups in total. The van der Waals surface area contributed by atoms with Crippen molar-refractivity contribution in [3.63, 3.8) is 0 Å². The molecule has 0 unspecified atom stereocenters. The summed E-state index contributed by atoms with van der Waals surface area (Å²) in [6.45, 7) is 1.52. The largest absolute Gasteiger partial charge is 0.271 e. The molecule has 5 heteroatoms. The van der Waals surface area contributed by atoms with Crippen molar-refractivity contribution in [2.24, 2.45) is 0 Å². The highest BCUT2D eigenvalue weighted by Crippen LogP contribution is 1.76. The van der Waals surface area contributed by atoms with E-state index in [0.29, 0.717) is 0 Å². The Hall–Kier alpha value is -0.160. The van der Waals surface area contributed by atoms with Crippen LogP contribution in [-0.2, 0) is 10.0 Å². The Morgan fingerprint density at radius 1 is 1.75 bits per heavy atom. The van der Waals surface area contributed by atoms with Crippen LogP contribution in [0.1, 0.15) is 6.92 Å². The molecule has 0 bridgehead atoms. The highest BCUT2D eigenvalue weighted by atomic mass is 32.2. The van der Waals surface area contributed by atoms with E-state index >= 15 is 0 Å². The lowest BCUT2D eigenvalue weighted by Gasteiger charge is -1.93. The van der Waals surface area contributed by atoms with E-state index in [2.05, 4.69) is 12.2 Å². The Morgan fingerprint density at radius 3 is 2.38 bits per heavy atom. The van der Waals surface area contributed by atoms with Crippen LogP contribution in [0.25, 0.3) is 0 Å². The Morgan fingerprint density at radius 2 is 2.25 bits per heavy atom. The van der Waals surface area contributed by atoms with Gasteiger partial charge < -0.3 is 0 Å². The minimum Gasteiger partial charge on any atom is -0.271 e. The normalized spacial score (nSPS) is 10.6. The maximum atomic E-state index is 10.4. The third-order valence-electron chi connectivity index (χ3n) is 0.577. The van der Waals surface area contributed by atoms with Crippen LogP contribution in [0, 0.1) is 0 Å². The first kappa shape index (κ1) is 7.84. The van der Waals surface area contributed by atoms with Gasteiger partial charge in [-0.1, -0.05) is 12.2 Å². The number of hydrogen-bond acceptors (Lipinski definition) is 3. The van der Waals surface area contributed by atoms with Gasteiger partial charge in [-0.2, -0.15) is 0 Å². The van der Waals surface area contributed by atoms with Crippen LogP contribution in [0.4, 0.5) is 0 Å². The van der Waals surface area contributed by atoms with Gasteiger partial charge in [-0.25, -0.2) is 8.42 Å². The number of hydrogen-bond donors (Lipinski definition) is 1. The van der Waals surface area contributed by atoms with Gasteiger partial charge in [0, 0.05) is 0 Å². The van der Waals surface area contributed by atoms with Crippen LogP contribution >= 0.6 is 12.2 Å². The standard InChI is InChI=1S/C3H6NO2S2/c1-2-8(5,6)4-3-7/h2H2,1H3,(H,4,7). The summed E-state index contributed by atoms with van der Waals surface area (Å²) in [4.78, 5) is 0. The molecule has 3 nitrogen and oxygen atoms in total. The lowest BCUT2D eigenvalue weighted by atomic mass is 11.0. The second kappa shape index (κ2) is 2.99. The Labute approximate surface area is 54.1 Å². The number of thiocarbonyl (C=S) groups is 1. The molecule has 0 rings (SSSR count). The molecule has 0 aliphatic heterocycles. The molecular formula is C3H6NO2S2. The molecule has 0 heterocycles. The Balaban J connectivity index is 3.94. The van der Waals surface area contributed by atoms with Crippen molar-refractivity contribution in [2.45, 2.75) is 6.92 Å². The summed E-state index contributed by atoms with van der Waals surface area (Å²) in [6.07, 6.45) is 0. The van der Waals surface area contributed by atoms with Gasteiger partial charge in [-0.15, -0.1) is 0 Å². The number of sulfonamides is 1. The van der Waals surface area contributed by atoms with Crippen molar-refractivity contribution in [3.8, 4) is 0 Å². The highest BCUT2D eigenvalue weighted by Gasteiger charge is 2.00.